The highest BCUT2D eigenvalue weighted by Gasteiger charge is 2.44. The van der Waals surface area contributed by atoms with E-state index in [0.717, 1.165) is 102 Å². The molecule has 0 aromatic heterocycles. The maximum atomic E-state index is 13.8. The second-order valence-electron chi connectivity index (χ2n) is 20.2. The molecule has 2 amide bonds. The highest BCUT2D eigenvalue weighted by Crippen LogP contribution is 2.39. The van der Waals surface area contributed by atoms with Crippen LogP contribution >= 0.6 is 0 Å². The molecule has 0 bridgehead atoms. The Morgan fingerprint density at radius 1 is 0.507 bits per heavy atom. The molecule has 0 aliphatic rings. The molecule has 0 aliphatic carbocycles. The van der Waals surface area contributed by atoms with Crippen LogP contribution in [0.5, 0.6) is 0 Å². The van der Waals surface area contributed by atoms with Crippen molar-refractivity contribution in [1.29, 1.82) is 0 Å². The van der Waals surface area contributed by atoms with Gasteiger partial charge in [0.2, 0.25) is 11.8 Å². The smallest absolute Gasteiger partial charge is 0.307 e. The van der Waals surface area contributed by atoms with Gasteiger partial charge in [-0.25, -0.2) is 0 Å². The lowest BCUT2D eigenvalue weighted by molar-refractivity contribution is -0.151. The average Bonchev–Trinajstić information content (AvgIpc) is 3.32. The number of nitrogens with two attached hydrogens (primary N) is 3. The van der Waals surface area contributed by atoms with Crippen LogP contribution in [0, 0.1) is 35.0 Å². The lowest BCUT2D eigenvalue weighted by atomic mass is 9.70. The standard InChI is InChI=1S/C57H88N6O8/c1-4-6-7-18-35-57(3,56(71)63-50-33-21-30-47(60)39-50)51(55(69)70)34-15-11-10-14-27-43(53(65)66)26-13-9-8-12-24-42(52(64)62-49-32-20-29-46(59)38-49)25-17-16-23-41(36-44(22-5-2)54(67)68)40-61-48-31-19-28-45(58)37-48/h19-21,28-33,37-39,41-44,51,61H,4-18,22-27,34-36,40,58-60H2,1-3H3,(H,62,64)(H,63,71)(H,65,66)(H,67,68)(H,69,70). The predicted octanol–water partition coefficient (Wildman–Crippen LogP) is 12.9. The van der Waals surface area contributed by atoms with Crippen molar-refractivity contribution in [3.63, 3.8) is 0 Å². The van der Waals surface area contributed by atoms with E-state index in [-0.39, 0.29) is 23.7 Å². The van der Waals surface area contributed by atoms with E-state index in [2.05, 4.69) is 22.9 Å². The van der Waals surface area contributed by atoms with Crippen molar-refractivity contribution in [1.82, 2.24) is 0 Å². The summed E-state index contributed by atoms with van der Waals surface area (Å²) in [7, 11) is 0. The number of carboxylic acids is 3. The SMILES string of the molecule is CCCCCCC(C)(C(=O)Nc1cccc(N)c1)C(CCCCCCC(CCCCCCC(CCCCC(CNc1cccc(N)c1)CC(CCC)C(=O)O)C(=O)Nc1cccc(N)c1)C(=O)O)C(=O)O. The number of carbonyl (C=O) groups is 5. The molecule has 0 heterocycles. The molecule has 0 aliphatic heterocycles. The van der Waals surface area contributed by atoms with Crippen LogP contribution in [0.2, 0.25) is 0 Å². The topological polar surface area (TPSA) is 260 Å². The third-order valence-corrected chi connectivity index (χ3v) is 14.3. The molecule has 0 saturated carbocycles. The molecule has 3 aromatic carbocycles. The summed E-state index contributed by atoms with van der Waals surface area (Å²) in [5, 5.41) is 39.9. The minimum absolute atomic E-state index is 0.0512. The van der Waals surface area contributed by atoms with Crippen LogP contribution in [0.15, 0.2) is 72.8 Å². The summed E-state index contributed by atoms with van der Waals surface area (Å²) < 4.78 is 0. The molecule has 6 unspecified atom stereocenters. The summed E-state index contributed by atoms with van der Waals surface area (Å²) in [6.45, 7) is 6.52. The molecular weight excluding hydrogens is 897 g/mol. The molecule has 0 spiro atoms. The number of carboxylic acid groups (broad SMARTS) is 3. The third-order valence-electron chi connectivity index (χ3n) is 14.3. The molecule has 14 heteroatoms. The molecule has 14 nitrogen and oxygen atoms in total. The van der Waals surface area contributed by atoms with E-state index in [0.29, 0.717) is 92.8 Å². The Morgan fingerprint density at radius 2 is 0.972 bits per heavy atom. The summed E-state index contributed by atoms with van der Waals surface area (Å²) in [6, 6.07) is 21.6. The third kappa shape index (κ3) is 22.9. The molecule has 71 heavy (non-hydrogen) atoms. The zero-order chi connectivity index (χ0) is 52.0. The number of nitrogen functional groups attached to an aromatic ring is 3. The normalized spacial score (nSPS) is 14.3. The molecular formula is C57H88N6O8. The van der Waals surface area contributed by atoms with E-state index in [9.17, 15) is 39.3 Å². The highest BCUT2D eigenvalue weighted by molar-refractivity contribution is 5.98. The van der Waals surface area contributed by atoms with Gasteiger partial charge in [0.1, 0.15) is 0 Å². The van der Waals surface area contributed by atoms with Crippen LogP contribution in [0.1, 0.15) is 175 Å². The first-order valence-corrected chi connectivity index (χ1v) is 26.7. The maximum Gasteiger partial charge on any atom is 0.307 e. The van der Waals surface area contributed by atoms with E-state index in [1.165, 1.54) is 0 Å². The monoisotopic (exact) mass is 985 g/mol. The van der Waals surface area contributed by atoms with Gasteiger partial charge in [-0.05, 0) is 125 Å². The van der Waals surface area contributed by atoms with E-state index < -0.39 is 41.1 Å². The molecule has 0 saturated heterocycles. The number of benzene rings is 3. The molecule has 0 fully saturated rings. The van der Waals surface area contributed by atoms with Crippen molar-refractivity contribution in [3.8, 4) is 0 Å². The van der Waals surface area contributed by atoms with Crippen molar-refractivity contribution in [3.05, 3.63) is 72.8 Å². The van der Waals surface area contributed by atoms with Gasteiger partial charge in [-0.2, -0.15) is 0 Å². The van der Waals surface area contributed by atoms with E-state index >= 15 is 0 Å². The fourth-order valence-electron chi connectivity index (χ4n) is 9.99. The largest absolute Gasteiger partial charge is 0.481 e. The number of anilines is 6. The van der Waals surface area contributed by atoms with Gasteiger partial charge in [0.25, 0.3) is 0 Å². The first-order valence-electron chi connectivity index (χ1n) is 26.7. The Bertz CT molecular complexity index is 2070. The Hall–Kier alpha value is -5.79. The zero-order valence-electron chi connectivity index (χ0n) is 43.1. The molecule has 3 rings (SSSR count). The number of hydrogen-bond donors (Lipinski definition) is 9. The number of aliphatic carboxylic acids is 3. The Balaban J connectivity index is 1.49. The lowest BCUT2D eigenvalue weighted by Crippen LogP contribution is -2.43. The minimum atomic E-state index is -1.12. The van der Waals surface area contributed by atoms with Gasteiger partial charge in [-0.1, -0.05) is 128 Å². The van der Waals surface area contributed by atoms with Gasteiger partial charge >= 0.3 is 17.9 Å². The molecule has 0 radical (unpaired) electrons. The lowest BCUT2D eigenvalue weighted by Gasteiger charge is -2.34. The summed E-state index contributed by atoms with van der Waals surface area (Å²) in [5.74, 6) is -4.75. The Morgan fingerprint density at radius 3 is 1.48 bits per heavy atom. The van der Waals surface area contributed by atoms with Gasteiger partial charge in [0, 0.05) is 46.6 Å². The zero-order valence-corrected chi connectivity index (χ0v) is 43.1. The van der Waals surface area contributed by atoms with Gasteiger partial charge in [-0.15, -0.1) is 0 Å². The van der Waals surface area contributed by atoms with Gasteiger partial charge in [0.15, 0.2) is 0 Å². The van der Waals surface area contributed by atoms with Crippen molar-refractivity contribution in [2.24, 2.45) is 35.0 Å². The number of unbranched alkanes of at least 4 members (excludes halogenated alkanes) is 10. The second-order valence-corrected chi connectivity index (χ2v) is 20.2. The molecule has 3 aromatic rings. The minimum Gasteiger partial charge on any atom is -0.481 e. The van der Waals surface area contributed by atoms with Crippen LogP contribution in [0.3, 0.4) is 0 Å². The summed E-state index contributed by atoms with van der Waals surface area (Å²) >= 11 is 0. The van der Waals surface area contributed by atoms with Crippen molar-refractivity contribution in [2.45, 2.75) is 175 Å². The second kappa shape index (κ2) is 33.0. The fourth-order valence-corrected chi connectivity index (χ4v) is 9.99. The van der Waals surface area contributed by atoms with Crippen LogP contribution in [-0.4, -0.2) is 51.6 Å². The first-order chi connectivity index (χ1) is 34.1. The number of rotatable bonds is 39. The highest BCUT2D eigenvalue weighted by atomic mass is 16.4. The maximum absolute atomic E-state index is 13.8. The van der Waals surface area contributed by atoms with Crippen molar-refractivity contribution < 1.29 is 39.3 Å². The van der Waals surface area contributed by atoms with Crippen molar-refractivity contribution in [2.75, 3.05) is 39.7 Å². The Kier molecular flexibility index (Phi) is 27.6. The number of hydrogen-bond acceptors (Lipinski definition) is 9. The Labute approximate surface area is 424 Å². The predicted molar refractivity (Wildman–Crippen MR) is 289 cm³/mol. The fraction of sp³-hybridized carbons (Fsp3) is 0.596. The van der Waals surface area contributed by atoms with Crippen LogP contribution in [0.4, 0.5) is 34.1 Å². The molecule has 394 valence electrons. The van der Waals surface area contributed by atoms with Crippen molar-refractivity contribution >= 4 is 63.8 Å². The number of amides is 2. The average molecular weight is 985 g/mol. The van der Waals surface area contributed by atoms with Gasteiger partial charge in [0.05, 0.1) is 23.2 Å². The summed E-state index contributed by atoms with van der Waals surface area (Å²) in [6.07, 6.45) is 17.8. The van der Waals surface area contributed by atoms with E-state index in [1.54, 1.807) is 43.3 Å². The molecule has 6 atom stereocenters. The van der Waals surface area contributed by atoms with E-state index in [4.69, 9.17) is 17.2 Å². The van der Waals surface area contributed by atoms with Gasteiger partial charge < -0.3 is 48.5 Å². The van der Waals surface area contributed by atoms with Crippen LogP contribution in [-0.2, 0) is 24.0 Å². The first kappa shape index (κ1) is 59.5. The van der Waals surface area contributed by atoms with Crippen LogP contribution < -0.4 is 33.2 Å². The van der Waals surface area contributed by atoms with Crippen LogP contribution in [0.25, 0.3) is 0 Å². The molecule has 12 N–H and O–H groups in total. The quantitative estimate of drug-likeness (QED) is 0.0191. The summed E-state index contributed by atoms with van der Waals surface area (Å²) in [5.41, 5.74) is 20.6. The number of nitrogens with one attached hydrogen (secondary N) is 3. The summed E-state index contributed by atoms with van der Waals surface area (Å²) in [4.78, 5) is 64.6. The van der Waals surface area contributed by atoms with Gasteiger partial charge in [-0.3, -0.25) is 24.0 Å². The number of carbonyl (C=O) groups excluding carboxylic acids is 2. The van der Waals surface area contributed by atoms with E-state index in [1.807, 2.05) is 43.3 Å².